The third-order valence-corrected chi connectivity index (χ3v) is 2.90. The minimum absolute atomic E-state index is 0.121. The number of hydrogen-bond acceptors (Lipinski definition) is 2. The fraction of sp³-hybridized carbons (Fsp3) is 0.357. The number of benzene rings is 1. The van der Waals surface area contributed by atoms with Crippen molar-refractivity contribution in [3.05, 3.63) is 34.9 Å². The minimum Gasteiger partial charge on any atom is -0.372 e. The molecule has 0 radical (unpaired) electrons. The number of fused-ring (bicyclic) bond motifs is 1. The molecule has 1 unspecified atom stereocenters. The lowest BCUT2D eigenvalue weighted by molar-refractivity contribution is 0.0945. The Bertz CT molecular complexity index is 474. The van der Waals surface area contributed by atoms with Crippen LogP contribution in [0.5, 0.6) is 0 Å². The van der Waals surface area contributed by atoms with E-state index in [0.29, 0.717) is 18.8 Å². The SMILES string of the molecule is C#CC(CC)NC(=O)c1ccc2c(c1)COC2. The third kappa shape index (κ3) is 2.48. The van der Waals surface area contributed by atoms with Crippen molar-refractivity contribution in [2.24, 2.45) is 0 Å². The molecular weight excluding hydrogens is 214 g/mol. The van der Waals surface area contributed by atoms with Gasteiger partial charge in [0, 0.05) is 5.56 Å². The molecule has 0 spiro atoms. The molecule has 0 aliphatic carbocycles. The molecule has 1 atom stereocenters. The summed E-state index contributed by atoms with van der Waals surface area (Å²) in [6, 6.07) is 5.42. The van der Waals surface area contributed by atoms with Crippen molar-refractivity contribution in [1.82, 2.24) is 5.32 Å². The van der Waals surface area contributed by atoms with Crippen LogP contribution in [-0.2, 0) is 18.0 Å². The molecule has 3 heteroatoms. The molecule has 1 amide bonds. The molecule has 0 saturated carbocycles. The highest BCUT2D eigenvalue weighted by Gasteiger charge is 2.15. The van der Waals surface area contributed by atoms with Crippen molar-refractivity contribution in [2.75, 3.05) is 0 Å². The Morgan fingerprint density at radius 1 is 1.53 bits per heavy atom. The summed E-state index contributed by atoms with van der Waals surface area (Å²) in [6.45, 7) is 3.17. The van der Waals surface area contributed by atoms with Crippen molar-refractivity contribution in [3.63, 3.8) is 0 Å². The lowest BCUT2D eigenvalue weighted by Crippen LogP contribution is -2.33. The van der Waals surface area contributed by atoms with Crippen LogP contribution in [0.3, 0.4) is 0 Å². The van der Waals surface area contributed by atoms with Gasteiger partial charge in [-0.15, -0.1) is 6.42 Å². The Hall–Kier alpha value is -1.79. The second-order valence-corrected chi connectivity index (χ2v) is 4.08. The molecule has 1 aromatic rings. The average molecular weight is 229 g/mol. The predicted molar refractivity (Wildman–Crippen MR) is 65.3 cm³/mol. The van der Waals surface area contributed by atoms with Crippen molar-refractivity contribution >= 4 is 5.91 Å². The van der Waals surface area contributed by atoms with E-state index >= 15 is 0 Å². The van der Waals surface area contributed by atoms with Gasteiger partial charge in [-0.3, -0.25) is 4.79 Å². The molecule has 1 heterocycles. The van der Waals surface area contributed by atoms with E-state index in [-0.39, 0.29) is 11.9 Å². The Labute approximate surface area is 101 Å². The molecule has 1 N–H and O–H groups in total. The fourth-order valence-corrected chi connectivity index (χ4v) is 1.82. The number of carbonyl (C=O) groups is 1. The minimum atomic E-state index is -0.202. The van der Waals surface area contributed by atoms with Gasteiger partial charge in [0.25, 0.3) is 5.91 Å². The zero-order valence-corrected chi connectivity index (χ0v) is 9.82. The number of hydrogen-bond donors (Lipinski definition) is 1. The summed E-state index contributed by atoms with van der Waals surface area (Å²) in [4.78, 5) is 11.9. The summed E-state index contributed by atoms with van der Waals surface area (Å²) in [7, 11) is 0. The van der Waals surface area contributed by atoms with E-state index < -0.39 is 0 Å². The van der Waals surface area contributed by atoms with E-state index in [0.717, 1.165) is 17.5 Å². The summed E-state index contributed by atoms with van der Waals surface area (Å²) in [5, 5.41) is 2.81. The molecule has 88 valence electrons. The number of rotatable bonds is 3. The van der Waals surface area contributed by atoms with Gasteiger partial charge >= 0.3 is 0 Å². The standard InChI is InChI=1S/C14H15NO2/c1-3-13(4-2)15-14(16)10-5-6-11-8-17-9-12(11)7-10/h1,5-7,13H,4,8-9H2,2H3,(H,15,16). The molecule has 2 rings (SSSR count). The van der Waals surface area contributed by atoms with E-state index in [1.54, 1.807) is 0 Å². The zero-order valence-electron chi connectivity index (χ0n) is 9.82. The molecule has 3 nitrogen and oxygen atoms in total. The maximum atomic E-state index is 11.9. The van der Waals surface area contributed by atoms with E-state index in [2.05, 4.69) is 11.2 Å². The number of ether oxygens (including phenoxy) is 1. The molecule has 1 aliphatic heterocycles. The molecule has 0 fully saturated rings. The molecular formula is C14H15NO2. The summed E-state index contributed by atoms with van der Waals surface area (Å²) in [6.07, 6.45) is 6.05. The van der Waals surface area contributed by atoms with Gasteiger partial charge in [0.2, 0.25) is 0 Å². The van der Waals surface area contributed by atoms with E-state index in [9.17, 15) is 4.79 Å². The highest BCUT2D eigenvalue weighted by molar-refractivity contribution is 5.94. The smallest absolute Gasteiger partial charge is 0.252 e. The van der Waals surface area contributed by atoms with Crippen LogP contribution in [-0.4, -0.2) is 11.9 Å². The largest absolute Gasteiger partial charge is 0.372 e. The summed E-state index contributed by atoms with van der Waals surface area (Å²) >= 11 is 0. The van der Waals surface area contributed by atoms with Gasteiger partial charge in [0.15, 0.2) is 0 Å². The van der Waals surface area contributed by atoms with Gasteiger partial charge in [-0.1, -0.05) is 18.9 Å². The molecule has 1 aliphatic rings. The summed E-state index contributed by atoms with van der Waals surface area (Å²) in [5.41, 5.74) is 2.89. The van der Waals surface area contributed by atoms with Crippen molar-refractivity contribution in [3.8, 4) is 12.3 Å². The van der Waals surface area contributed by atoms with Gasteiger partial charge in [-0.05, 0) is 29.7 Å². The topological polar surface area (TPSA) is 38.3 Å². The van der Waals surface area contributed by atoms with Gasteiger partial charge in [-0.2, -0.15) is 0 Å². The number of nitrogens with one attached hydrogen (secondary N) is 1. The van der Waals surface area contributed by atoms with Crippen LogP contribution >= 0.6 is 0 Å². The van der Waals surface area contributed by atoms with E-state index in [1.165, 1.54) is 0 Å². The zero-order chi connectivity index (χ0) is 12.3. The van der Waals surface area contributed by atoms with Crippen LogP contribution in [0, 0.1) is 12.3 Å². The van der Waals surface area contributed by atoms with Crippen LogP contribution in [0.15, 0.2) is 18.2 Å². The van der Waals surface area contributed by atoms with Crippen LogP contribution in [0.2, 0.25) is 0 Å². The van der Waals surface area contributed by atoms with Crippen LogP contribution in [0.25, 0.3) is 0 Å². The van der Waals surface area contributed by atoms with Crippen molar-refractivity contribution < 1.29 is 9.53 Å². The number of terminal acetylenes is 1. The van der Waals surface area contributed by atoms with Gasteiger partial charge < -0.3 is 10.1 Å². The first-order valence-corrected chi connectivity index (χ1v) is 5.71. The maximum absolute atomic E-state index is 11.9. The molecule has 0 aromatic heterocycles. The highest BCUT2D eigenvalue weighted by Crippen LogP contribution is 2.20. The number of carbonyl (C=O) groups excluding carboxylic acids is 1. The van der Waals surface area contributed by atoms with Crippen molar-refractivity contribution in [2.45, 2.75) is 32.6 Å². The Balaban J connectivity index is 2.12. The third-order valence-electron chi connectivity index (χ3n) is 2.90. The summed E-state index contributed by atoms with van der Waals surface area (Å²) < 4.78 is 5.31. The average Bonchev–Trinajstić information content (AvgIpc) is 2.82. The number of amides is 1. The lowest BCUT2D eigenvalue weighted by Gasteiger charge is -2.11. The predicted octanol–water partition coefficient (Wildman–Crippen LogP) is 1.86. The van der Waals surface area contributed by atoms with Crippen LogP contribution in [0.4, 0.5) is 0 Å². The second-order valence-electron chi connectivity index (χ2n) is 4.08. The first-order chi connectivity index (χ1) is 8.24. The quantitative estimate of drug-likeness (QED) is 0.803. The Kier molecular flexibility index (Phi) is 3.46. The van der Waals surface area contributed by atoms with Gasteiger partial charge in [-0.25, -0.2) is 0 Å². The fourth-order valence-electron chi connectivity index (χ4n) is 1.82. The second kappa shape index (κ2) is 5.03. The molecule has 1 aromatic carbocycles. The van der Waals surface area contributed by atoms with Gasteiger partial charge in [0.05, 0.1) is 19.3 Å². The lowest BCUT2D eigenvalue weighted by atomic mass is 10.1. The van der Waals surface area contributed by atoms with E-state index in [1.807, 2.05) is 25.1 Å². The van der Waals surface area contributed by atoms with Gasteiger partial charge in [0.1, 0.15) is 0 Å². The van der Waals surface area contributed by atoms with E-state index in [4.69, 9.17) is 11.2 Å². The van der Waals surface area contributed by atoms with Crippen LogP contribution < -0.4 is 5.32 Å². The molecule has 0 bridgehead atoms. The summed E-state index contributed by atoms with van der Waals surface area (Å²) in [5.74, 6) is 2.43. The Morgan fingerprint density at radius 2 is 2.29 bits per heavy atom. The highest BCUT2D eigenvalue weighted by atomic mass is 16.5. The maximum Gasteiger partial charge on any atom is 0.252 e. The molecule has 0 saturated heterocycles. The molecule has 17 heavy (non-hydrogen) atoms. The first kappa shape index (κ1) is 11.7. The van der Waals surface area contributed by atoms with Crippen LogP contribution in [0.1, 0.15) is 34.8 Å². The Morgan fingerprint density at radius 3 is 3.00 bits per heavy atom. The first-order valence-electron chi connectivity index (χ1n) is 5.71. The van der Waals surface area contributed by atoms with Crippen molar-refractivity contribution in [1.29, 1.82) is 0 Å². The monoisotopic (exact) mass is 229 g/mol. The normalized spacial score (nSPS) is 14.8.